The van der Waals surface area contributed by atoms with Crippen LogP contribution < -0.4 is 14.8 Å². The lowest BCUT2D eigenvalue weighted by atomic mass is 10.2. The van der Waals surface area contributed by atoms with Crippen LogP contribution in [0.2, 0.25) is 0 Å². The van der Waals surface area contributed by atoms with Gasteiger partial charge in [0.2, 0.25) is 11.7 Å². The number of hydrogen-bond donors (Lipinski definition) is 2. The van der Waals surface area contributed by atoms with Crippen LogP contribution in [0.15, 0.2) is 65.8 Å². The molecule has 1 unspecified atom stereocenters. The minimum Gasteiger partial charge on any atom is -0.474 e. The summed E-state index contributed by atoms with van der Waals surface area (Å²) in [6.07, 6.45) is 1.55. The Morgan fingerprint density at radius 2 is 1.81 bits per heavy atom. The quantitative estimate of drug-likeness (QED) is 0.383. The highest BCUT2D eigenvalue weighted by Crippen LogP contribution is 2.28. The van der Waals surface area contributed by atoms with Crippen molar-refractivity contribution in [2.75, 3.05) is 10.0 Å². The highest BCUT2D eigenvalue weighted by atomic mass is 32.2. The number of carbonyl (C=O) groups is 1. The van der Waals surface area contributed by atoms with Crippen molar-refractivity contribution in [3.63, 3.8) is 0 Å². The Morgan fingerprint density at radius 1 is 1.16 bits per heavy atom. The van der Waals surface area contributed by atoms with Crippen LogP contribution in [-0.2, 0) is 14.8 Å². The van der Waals surface area contributed by atoms with E-state index in [9.17, 15) is 27.7 Å². The van der Waals surface area contributed by atoms with Crippen molar-refractivity contribution in [3.8, 4) is 5.75 Å². The molecule has 32 heavy (non-hydrogen) atoms. The van der Waals surface area contributed by atoms with Crippen molar-refractivity contribution in [1.82, 2.24) is 9.97 Å². The van der Waals surface area contributed by atoms with Gasteiger partial charge in [-0.1, -0.05) is 0 Å². The number of benzene rings is 2. The zero-order valence-electron chi connectivity index (χ0n) is 16.4. The van der Waals surface area contributed by atoms with Gasteiger partial charge >= 0.3 is 5.69 Å². The van der Waals surface area contributed by atoms with Crippen molar-refractivity contribution in [3.05, 3.63) is 76.9 Å². The van der Waals surface area contributed by atoms with E-state index in [1.807, 2.05) is 0 Å². The molecule has 13 heteroatoms. The smallest absolute Gasteiger partial charge is 0.311 e. The summed E-state index contributed by atoms with van der Waals surface area (Å²) < 4.78 is 45.6. The normalized spacial score (nSPS) is 11.9. The fraction of sp³-hybridized carbons (Fsp3) is 0.105. The van der Waals surface area contributed by atoms with Crippen LogP contribution >= 0.6 is 0 Å². The van der Waals surface area contributed by atoms with Gasteiger partial charge in [0, 0.05) is 30.2 Å². The second-order valence-corrected chi connectivity index (χ2v) is 8.00. The maximum absolute atomic E-state index is 13.4. The van der Waals surface area contributed by atoms with Crippen LogP contribution in [0.4, 0.5) is 21.7 Å². The standard InChI is InChI=1S/C19H16FN5O6S/c1-12(31-17-11-13(20)3-8-16(17)25(27)28)18(26)23-14-4-6-15(7-5-14)32(29,30)24-19-21-9-2-10-22-19/h2-12H,1H3,(H,23,26)(H,21,22,24). The Bertz CT molecular complexity index is 1240. The van der Waals surface area contributed by atoms with Gasteiger partial charge in [0.05, 0.1) is 9.82 Å². The first-order valence-electron chi connectivity index (χ1n) is 8.97. The third-order valence-corrected chi connectivity index (χ3v) is 5.36. The number of nitrogens with one attached hydrogen (secondary N) is 2. The van der Waals surface area contributed by atoms with Gasteiger partial charge in [0.1, 0.15) is 5.82 Å². The first-order valence-corrected chi connectivity index (χ1v) is 10.5. The highest BCUT2D eigenvalue weighted by Gasteiger charge is 2.22. The molecular weight excluding hydrogens is 445 g/mol. The van der Waals surface area contributed by atoms with Gasteiger partial charge in [-0.2, -0.15) is 0 Å². The van der Waals surface area contributed by atoms with Crippen molar-refractivity contribution in [2.45, 2.75) is 17.9 Å². The molecule has 0 saturated heterocycles. The van der Waals surface area contributed by atoms with Gasteiger partial charge in [0.25, 0.3) is 15.9 Å². The molecule has 0 aliphatic rings. The van der Waals surface area contributed by atoms with Crippen molar-refractivity contribution >= 4 is 33.3 Å². The van der Waals surface area contributed by atoms with E-state index in [1.54, 1.807) is 0 Å². The number of nitrogens with zero attached hydrogens (tertiary/aromatic N) is 3. The van der Waals surface area contributed by atoms with E-state index in [0.29, 0.717) is 0 Å². The molecular formula is C19H16FN5O6S. The maximum Gasteiger partial charge on any atom is 0.311 e. The molecule has 166 valence electrons. The van der Waals surface area contributed by atoms with Gasteiger partial charge < -0.3 is 10.1 Å². The average molecular weight is 461 g/mol. The lowest BCUT2D eigenvalue weighted by Crippen LogP contribution is -2.30. The second kappa shape index (κ2) is 9.34. The molecule has 1 heterocycles. The van der Waals surface area contributed by atoms with E-state index >= 15 is 0 Å². The monoisotopic (exact) mass is 461 g/mol. The average Bonchev–Trinajstić information content (AvgIpc) is 2.74. The number of halogens is 1. The largest absolute Gasteiger partial charge is 0.474 e. The van der Waals surface area contributed by atoms with Gasteiger partial charge in [-0.3, -0.25) is 14.9 Å². The van der Waals surface area contributed by atoms with Crippen LogP contribution in [0.3, 0.4) is 0 Å². The predicted molar refractivity (Wildman–Crippen MR) is 111 cm³/mol. The summed E-state index contributed by atoms with van der Waals surface area (Å²) in [5.74, 6) is -1.94. The molecule has 3 aromatic rings. The lowest BCUT2D eigenvalue weighted by molar-refractivity contribution is -0.386. The summed E-state index contributed by atoms with van der Waals surface area (Å²) in [6.45, 7) is 1.33. The first kappa shape index (κ1) is 22.6. The minimum absolute atomic E-state index is 0.0948. The van der Waals surface area contributed by atoms with E-state index in [-0.39, 0.29) is 16.5 Å². The molecule has 2 aromatic carbocycles. The number of aromatic nitrogens is 2. The van der Waals surface area contributed by atoms with Gasteiger partial charge in [-0.05, 0) is 43.3 Å². The first-order chi connectivity index (χ1) is 15.2. The molecule has 0 aliphatic carbocycles. The number of rotatable bonds is 8. The van der Waals surface area contributed by atoms with Gasteiger partial charge in [-0.25, -0.2) is 27.5 Å². The summed E-state index contributed by atoms with van der Waals surface area (Å²) in [5.41, 5.74) is -0.246. The van der Waals surface area contributed by atoms with E-state index in [1.165, 1.54) is 49.6 Å². The fourth-order valence-electron chi connectivity index (χ4n) is 2.47. The Balaban J connectivity index is 1.67. The SMILES string of the molecule is CC(Oc1cc(F)ccc1[N+](=O)[O-])C(=O)Nc1ccc(S(=O)(=O)Nc2ncccn2)cc1. The third kappa shape index (κ3) is 5.51. The summed E-state index contributed by atoms with van der Waals surface area (Å²) in [4.78, 5) is 30.1. The second-order valence-electron chi connectivity index (χ2n) is 6.32. The maximum atomic E-state index is 13.4. The molecule has 0 spiro atoms. The molecule has 1 aromatic heterocycles. The molecule has 3 rings (SSSR count). The third-order valence-electron chi connectivity index (χ3n) is 4.02. The van der Waals surface area contributed by atoms with Gasteiger partial charge in [0.15, 0.2) is 6.10 Å². The van der Waals surface area contributed by atoms with E-state index < -0.39 is 44.2 Å². The van der Waals surface area contributed by atoms with Crippen molar-refractivity contribution in [2.24, 2.45) is 0 Å². The van der Waals surface area contributed by atoms with Crippen LogP contribution in [-0.4, -0.2) is 35.3 Å². The Hall–Kier alpha value is -4.13. The number of ether oxygens (including phenoxy) is 1. The number of sulfonamides is 1. The zero-order valence-corrected chi connectivity index (χ0v) is 17.2. The summed E-state index contributed by atoms with van der Waals surface area (Å²) in [7, 11) is -3.94. The molecule has 0 bridgehead atoms. The molecule has 1 atom stereocenters. The van der Waals surface area contributed by atoms with E-state index in [4.69, 9.17) is 4.74 Å². The van der Waals surface area contributed by atoms with Crippen molar-refractivity contribution < 1.29 is 27.3 Å². The molecule has 2 N–H and O–H groups in total. The Labute approximate surface area is 181 Å². The van der Waals surface area contributed by atoms with Crippen LogP contribution in [0, 0.1) is 15.9 Å². The predicted octanol–water partition coefficient (Wildman–Crippen LogP) is 2.73. The van der Waals surface area contributed by atoms with Crippen LogP contribution in [0.1, 0.15) is 6.92 Å². The lowest BCUT2D eigenvalue weighted by Gasteiger charge is -2.15. The highest BCUT2D eigenvalue weighted by molar-refractivity contribution is 7.92. The molecule has 11 nitrogen and oxygen atoms in total. The summed E-state index contributed by atoms with van der Waals surface area (Å²) in [6, 6.07) is 9.38. The molecule has 0 saturated carbocycles. The number of nitro groups is 1. The zero-order chi connectivity index (χ0) is 23.3. The van der Waals surface area contributed by atoms with Crippen molar-refractivity contribution in [1.29, 1.82) is 0 Å². The minimum atomic E-state index is -3.94. The molecule has 1 amide bonds. The van der Waals surface area contributed by atoms with E-state index in [2.05, 4.69) is 20.0 Å². The topological polar surface area (TPSA) is 153 Å². The summed E-state index contributed by atoms with van der Waals surface area (Å²) in [5, 5.41) is 13.5. The fourth-order valence-corrected chi connectivity index (χ4v) is 3.43. The van der Waals surface area contributed by atoms with Gasteiger partial charge in [-0.15, -0.1) is 0 Å². The Kier molecular flexibility index (Phi) is 6.59. The summed E-state index contributed by atoms with van der Waals surface area (Å²) >= 11 is 0. The van der Waals surface area contributed by atoms with E-state index in [0.717, 1.165) is 18.2 Å². The number of anilines is 2. The Morgan fingerprint density at radius 3 is 2.44 bits per heavy atom. The van der Waals surface area contributed by atoms with Crippen LogP contribution in [0.25, 0.3) is 0 Å². The number of nitro benzene ring substituents is 1. The molecule has 0 aliphatic heterocycles. The molecule has 0 fully saturated rings. The van der Waals surface area contributed by atoms with Crippen LogP contribution in [0.5, 0.6) is 5.75 Å². The number of amides is 1. The molecule has 0 radical (unpaired) electrons. The number of hydrogen-bond acceptors (Lipinski definition) is 8. The number of carbonyl (C=O) groups excluding carboxylic acids is 1.